The summed E-state index contributed by atoms with van der Waals surface area (Å²) in [4.78, 5) is 2.39. The van der Waals surface area contributed by atoms with Crippen molar-refractivity contribution in [3.05, 3.63) is 188 Å². The van der Waals surface area contributed by atoms with Gasteiger partial charge in [-0.15, -0.1) is 0 Å². The minimum Gasteiger partial charge on any atom is -0.455 e. The summed E-state index contributed by atoms with van der Waals surface area (Å²) >= 11 is 0. The number of benzene rings is 9. The highest BCUT2D eigenvalue weighted by atomic mass is 16.3. The fourth-order valence-electron chi connectivity index (χ4n) is 7.61. The zero-order valence-electron chi connectivity index (χ0n) is 27.3. The Morgan fingerprint density at radius 3 is 1.60 bits per heavy atom. The minimum atomic E-state index is 0.883. The number of nitrogens with zero attached hydrogens (tertiary/aromatic N) is 1. The molecule has 0 aliphatic heterocycles. The Balaban J connectivity index is 1.24. The lowest BCUT2D eigenvalue weighted by Crippen LogP contribution is -2.10. The molecule has 2 nitrogen and oxygen atoms in total. The summed E-state index contributed by atoms with van der Waals surface area (Å²) in [6.45, 7) is 0. The average molecular weight is 638 g/mol. The fraction of sp³-hybridized carbons (Fsp3) is 0. The van der Waals surface area contributed by atoms with Crippen LogP contribution in [-0.4, -0.2) is 0 Å². The molecule has 0 atom stereocenters. The zero-order chi connectivity index (χ0) is 33.0. The topological polar surface area (TPSA) is 16.4 Å². The maximum absolute atomic E-state index is 6.54. The molecule has 0 N–H and O–H groups in total. The first-order chi connectivity index (χ1) is 24.8. The molecule has 0 fully saturated rings. The number of furan rings is 1. The Labute approximate surface area is 290 Å². The maximum atomic E-state index is 6.54. The summed E-state index contributed by atoms with van der Waals surface area (Å²) in [6, 6.07) is 67.6. The van der Waals surface area contributed by atoms with Crippen LogP contribution in [0, 0.1) is 0 Å². The van der Waals surface area contributed by atoms with Crippen LogP contribution in [-0.2, 0) is 0 Å². The van der Waals surface area contributed by atoms with Crippen LogP contribution in [0.1, 0.15) is 0 Å². The van der Waals surface area contributed by atoms with Crippen molar-refractivity contribution in [2.24, 2.45) is 0 Å². The van der Waals surface area contributed by atoms with Crippen molar-refractivity contribution >= 4 is 71.3 Å². The second-order valence-corrected chi connectivity index (χ2v) is 12.9. The molecule has 1 aromatic heterocycles. The second-order valence-electron chi connectivity index (χ2n) is 12.9. The highest BCUT2D eigenvalue weighted by Gasteiger charge is 2.19. The van der Waals surface area contributed by atoms with E-state index in [9.17, 15) is 0 Å². The Morgan fingerprint density at radius 1 is 0.320 bits per heavy atom. The molecular formula is C48H31NO. The van der Waals surface area contributed by atoms with Crippen LogP contribution in [0.2, 0.25) is 0 Å². The Kier molecular flexibility index (Phi) is 6.53. The van der Waals surface area contributed by atoms with Crippen molar-refractivity contribution in [3.8, 4) is 22.3 Å². The SMILES string of the molecule is c1ccc(-c2ccc(N(c3ccc4ccc5ccccc5c4c3)c3ccc4oc5c6ccccc6ccc5c4c3)cc2-c2ccccc2)cc1. The van der Waals surface area contributed by atoms with Crippen LogP contribution >= 0.6 is 0 Å². The van der Waals surface area contributed by atoms with E-state index in [-0.39, 0.29) is 0 Å². The van der Waals surface area contributed by atoms with Crippen LogP contribution < -0.4 is 4.90 Å². The second kappa shape index (κ2) is 11.5. The van der Waals surface area contributed by atoms with Gasteiger partial charge in [-0.25, -0.2) is 0 Å². The molecule has 50 heavy (non-hydrogen) atoms. The standard InChI is InChI=1S/C48H31NO/c1-3-11-32(12-4-1)41-27-24-38(30-44(41)33-13-5-2-6-14-33)49(37-23-21-36-20-19-34-15-7-9-17-40(34)45(36)29-37)39-25-28-47-46(31-39)43-26-22-35-16-8-10-18-42(35)48(43)50-47/h1-31H. The predicted molar refractivity (Wildman–Crippen MR) is 212 cm³/mol. The van der Waals surface area contributed by atoms with Crippen LogP contribution in [0.4, 0.5) is 17.1 Å². The molecule has 0 amide bonds. The fourth-order valence-corrected chi connectivity index (χ4v) is 7.61. The lowest BCUT2D eigenvalue weighted by atomic mass is 9.93. The molecule has 10 aromatic rings. The van der Waals surface area contributed by atoms with E-state index < -0.39 is 0 Å². The van der Waals surface area contributed by atoms with Crippen LogP contribution in [0.15, 0.2) is 192 Å². The summed E-state index contributed by atoms with van der Waals surface area (Å²) in [5.74, 6) is 0. The maximum Gasteiger partial charge on any atom is 0.143 e. The van der Waals surface area contributed by atoms with Gasteiger partial charge in [0.15, 0.2) is 0 Å². The molecule has 0 saturated heterocycles. The van der Waals surface area contributed by atoms with Crippen molar-refractivity contribution in [2.75, 3.05) is 4.90 Å². The van der Waals surface area contributed by atoms with Crippen molar-refractivity contribution in [1.29, 1.82) is 0 Å². The molecule has 0 spiro atoms. The summed E-state index contributed by atoms with van der Waals surface area (Å²) in [5, 5.41) is 9.47. The average Bonchev–Trinajstić information content (AvgIpc) is 3.57. The molecule has 234 valence electrons. The molecular weight excluding hydrogens is 607 g/mol. The van der Waals surface area contributed by atoms with Gasteiger partial charge in [0.05, 0.1) is 0 Å². The highest BCUT2D eigenvalue weighted by molar-refractivity contribution is 6.16. The summed E-state index contributed by atoms with van der Waals surface area (Å²) < 4.78 is 6.54. The first-order valence-corrected chi connectivity index (χ1v) is 17.1. The van der Waals surface area contributed by atoms with Gasteiger partial charge in [-0.2, -0.15) is 0 Å². The van der Waals surface area contributed by atoms with E-state index in [2.05, 4.69) is 193 Å². The van der Waals surface area contributed by atoms with E-state index in [1.807, 2.05) is 0 Å². The van der Waals surface area contributed by atoms with Gasteiger partial charge in [-0.1, -0.05) is 140 Å². The van der Waals surface area contributed by atoms with Gasteiger partial charge in [0.1, 0.15) is 11.2 Å². The molecule has 0 unspecified atom stereocenters. The Morgan fingerprint density at radius 2 is 0.840 bits per heavy atom. The molecule has 0 aliphatic rings. The summed E-state index contributed by atoms with van der Waals surface area (Å²) in [6.07, 6.45) is 0. The van der Waals surface area contributed by atoms with E-state index >= 15 is 0 Å². The first-order valence-electron chi connectivity index (χ1n) is 17.1. The largest absolute Gasteiger partial charge is 0.455 e. The van der Waals surface area contributed by atoms with Crippen molar-refractivity contribution < 1.29 is 4.42 Å². The number of rotatable bonds is 5. The van der Waals surface area contributed by atoms with Gasteiger partial charge in [0.25, 0.3) is 0 Å². The Hall–Kier alpha value is -6.64. The molecule has 1 heterocycles. The van der Waals surface area contributed by atoms with Crippen LogP contribution in [0.5, 0.6) is 0 Å². The van der Waals surface area contributed by atoms with Crippen molar-refractivity contribution in [1.82, 2.24) is 0 Å². The van der Waals surface area contributed by atoms with Gasteiger partial charge in [-0.3, -0.25) is 0 Å². The number of hydrogen-bond acceptors (Lipinski definition) is 2. The number of hydrogen-bond donors (Lipinski definition) is 0. The van der Waals surface area contributed by atoms with Gasteiger partial charge in [-0.05, 0) is 97.7 Å². The first kappa shape index (κ1) is 28.4. The lowest BCUT2D eigenvalue weighted by Gasteiger charge is -2.27. The highest BCUT2D eigenvalue weighted by Crippen LogP contribution is 2.44. The molecule has 10 rings (SSSR count). The lowest BCUT2D eigenvalue weighted by molar-refractivity contribution is 0.672. The van der Waals surface area contributed by atoms with E-state index in [4.69, 9.17) is 4.42 Å². The molecule has 0 aliphatic carbocycles. The zero-order valence-corrected chi connectivity index (χ0v) is 27.3. The van der Waals surface area contributed by atoms with Crippen LogP contribution in [0.25, 0.3) is 76.5 Å². The van der Waals surface area contributed by atoms with Crippen LogP contribution in [0.3, 0.4) is 0 Å². The Bertz CT molecular complexity index is 2870. The minimum absolute atomic E-state index is 0.883. The summed E-state index contributed by atoms with van der Waals surface area (Å²) in [7, 11) is 0. The molecule has 0 radical (unpaired) electrons. The van der Waals surface area contributed by atoms with Gasteiger partial charge in [0, 0.05) is 33.2 Å². The normalized spacial score (nSPS) is 11.6. The third-order valence-electron chi connectivity index (χ3n) is 10.0. The van der Waals surface area contributed by atoms with E-state index in [0.29, 0.717) is 0 Å². The van der Waals surface area contributed by atoms with Crippen molar-refractivity contribution in [3.63, 3.8) is 0 Å². The quantitative estimate of drug-likeness (QED) is 0.175. The third kappa shape index (κ3) is 4.65. The van der Waals surface area contributed by atoms with Gasteiger partial charge >= 0.3 is 0 Å². The van der Waals surface area contributed by atoms with Gasteiger partial charge in [0.2, 0.25) is 0 Å². The monoisotopic (exact) mass is 637 g/mol. The number of fused-ring (bicyclic) bond motifs is 8. The smallest absolute Gasteiger partial charge is 0.143 e. The number of anilines is 3. The van der Waals surface area contributed by atoms with Gasteiger partial charge < -0.3 is 9.32 Å². The predicted octanol–water partition coefficient (Wildman–Crippen LogP) is 13.8. The van der Waals surface area contributed by atoms with E-state index in [0.717, 1.165) is 44.4 Å². The molecule has 0 saturated carbocycles. The van der Waals surface area contributed by atoms with Crippen molar-refractivity contribution in [2.45, 2.75) is 0 Å². The van der Waals surface area contributed by atoms with E-state index in [1.54, 1.807) is 0 Å². The molecule has 9 aromatic carbocycles. The van der Waals surface area contributed by atoms with E-state index in [1.165, 1.54) is 49.2 Å². The molecule has 0 bridgehead atoms. The summed E-state index contributed by atoms with van der Waals surface area (Å²) in [5.41, 5.74) is 9.82. The third-order valence-corrected chi connectivity index (χ3v) is 10.0. The molecule has 2 heteroatoms.